The van der Waals surface area contributed by atoms with E-state index in [1.54, 1.807) is 6.92 Å². The Bertz CT molecular complexity index is 372. The lowest BCUT2D eigenvalue weighted by Crippen LogP contribution is -2.61. The lowest BCUT2D eigenvalue weighted by Gasteiger charge is -2.38. The third kappa shape index (κ3) is 2.26. The van der Waals surface area contributed by atoms with Crippen molar-refractivity contribution in [2.75, 3.05) is 0 Å². The first kappa shape index (κ1) is 13.1. The number of amides is 4. The summed E-state index contributed by atoms with van der Waals surface area (Å²) >= 11 is 0. The molecular weight excluding hydrogens is 232 g/mol. The molecule has 1 saturated carbocycles. The molecule has 18 heavy (non-hydrogen) atoms. The first-order valence-electron chi connectivity index (χ1n) is 6.72. The quantitative estimate of drug-likeness (QED) is 0.760. The largest absolute Gasteiger partial charge is 0.331 e. The Labute approximate surface area is 107 Å². The molecule has 2 rings (SSSR count). The first-order valence-corrected chi connectivity index (χ1v) is 6.72. The van der Waals surface area contributed by atoms with Gasteiger partial charge in [-0.2, -0.15) is 0 Å². The van der Waals surface area contributed by atoms with Gasteiger partial charge >= 0.3 is 6.03 Å². The number of rotatable bonds is 2. The Morgan fingerprint density at radius 3 is 2.33 bits per heavy atom. The predicted octanol–water partition coefficient (Wildman–Crippen LogP) is 1.67. The maximum atomic E-state index is 12.2. The van der Waals surface area contributed by atoms with Gasteiger partial charge in [-0.05, 0) is 38.0 Å². The van der Waals surface area contributed by atoms with Gasteiger partial charge in [0.15, 0.2) is 0 Å². The second-order valence-corrected chi connectivity index (χ2v) is 5.38. The number of hydrogen-bond acceptors (Lipinski definition) is 3. The molecule has 0 spiro atoms. The third-order valence-electron chi connectivity index (χ3n) is 4.06. The van der Waals surface area contributed by atoms with E-state index in [0.717, 1.165) is 25.7 Å². The third-order valence-corrected chi connectivity index (χ3v) is 4.06. The fourth-order valence-electron chi connectivity index (χ4n) is 2.84. The zero-order valence-corrected chi connectivity index (χ0v) is 10.9. The number of urea groups is 1. The summed E-state index contributed by atoms with van der Waals surface area (Å²) in [4.78, 5) is 36.9. The second-order valence-electron chi connectivity index (χ2n) is 5.38. The van der Waals surface area contributed by atoms with E-state index in [4.69, 9.17) is 0 Å². The Balaban J connectivity index is 2.13. The summed E-state index contributed by atoms with van der Waals surface area (Å²) < 4.78 is 0. The van der Waals surface area contributed by atoms with Gasteiger partial charge in [0.05, 0.1) is 0 Å². The summed E-state index contributed by atoms with van der Waals surface area (Å²) in [5.41, 5.74) is 0. The highest BCUT2D eigenvalue weighted by Gasteiger charge is 2.43. The number of hydrogen-bond donors (Lipinski definition) is 1. The minimum Gasteiger partial charge on any atom is -0.277 e. The molecule has 1 heterocycles. The van der Waals surface area contributed by atoms with Gasteiger partial charge in [-0.15, -0.1) is 0 Å². The van der Waals surface area contributed by atoms with Crippen molar-refractivity contribution < 1.29 is 14.4 Å². The van der Waals surface area contributed by atoms with Crippen LogP contribution in [0, 0.1) is 11.8 Å². The topological polar surface area (TPSA) is 66.5 Å². The smallest absolute Gasteiger partial charge is 0.277 e. The normalized spacial score (nSPS) is 33.6. The van der Waals surface area contributed by atoms with Crippen LogP contribution in [0.5, 0.6) is 0 Å². The second kappa shape index (κ2) is 5.08. The Hall–Kier alpha value is -1.39. The van der Waals surface area contributed by atoms with Crippen LogP contribution in [0.1, 0.15) is 46.0 Å². The number of imide groups is 2. The Morgan fingerprint density at radius 1 is 1.17 bits per heavy atom. The van der Waals surface area contributed by atoms with Crippen LogP contribution in [0.3, 0.4) is 0 Å². The molecule has 5 heteroatoms. The Morgan fingerprint density at radius 2 is 1.78 bits per heavy atom. The highest BCUT2D eigenvalue weighted by Crippen LogP contribution is 2.29. The molecule has 1 N–H and O–H groups in total. The zero-order valence-electron chi connectivity index (χ0n) is 10.9. The average Bonchev–Trinajstić information content (AvgIpc) is 2.31. The van der Waals surface area contributed by atoms with Gasteiger partial charge in [-0.3, -0.25) is 19.8 Å². The van der Waals surface area contributed by atoms with E-state index in [0.29, 0.717) is 12.3 Å². The molecule has 5 nitrogen and oxygen atoms in total. The minimum atomic E-state index is -0.693. The van der Waals surface area contributed by atoms with E-state index in [2.05, 4.69) is 12.2 Å². The van der Waals surface area contributed by atoms with E-state index < -0.39 is 17.9 Å². The molecule has 0 bridgehead atoms. The van der Waals surface area contributed by atoms with Crippen LogP contribution >= 0.6 is 0 Å². The number of nitrogens with zero attached hydrogens (tertiary/aromatic N) is 1. The summed E-state index contributed by atoms with van der Waals surface area (Å²) in [6, 6.07) is -0.565. The molecule has 1 atom stereocenters. The fraction of sp³-hybridized carbons (Fsp3) is 0.769. The van der Waals surface area contributed by atoms with Gasteiger partial charge in [-0.1, -0.05) is 13.8 Å². The molecule has 1 aliphatic carbocycles. The van der Waals surface area contributed by atoms with Crippen LogP contribution in [0.25, 0.3) is 0 Å². The zero-order chi connectivity index (χ0) is 13.3. The Kier molecular flexibility index (Phi) is 3.68. The predicted molar refractivity (Wildman–Crippen MR) is 65.6 cm³/mol. The molecule has 2 aliphatic rings. The van der Waals surface area contributed by atoms with Gasteiger partial charge < -0.3 is 0 Å². The first-order chi connectivity index (χ1) is 8.54. The molecule has 0 aromatic heterocycles. The van der Waals surface area contributed by atoms with Gasteiger partial charge in [0.25, 0.3) is 0 Å². The maximum Gasteiger partial charge on any atom is 0.331 e. The standard InChI is InChI=1S/C13H20N2O3/c1-3-10-11(16)14-13(18)15(12(10)17)9-6-4-8(2)5-7-9/h8-10H,3-7H2,1-2H3,(H,14,16,18). The van der Waals surface area contributed by atoms with Gasteiger partial charge in [0.1, 0.15) is 5.92 Å². The van der Waals surface area contributed by atoms with Crippen molar-refractivity contribution in [1.29, 1.82) is 0 Å². The summed E-state index contributed by atoms with van der Waals surface area (Å²) in [7, 11) is 0. The molecule has 0 aromatic carbocycles. The maximum absolute atomic E-state index is 12.2. The van der Waals surface area contributed by atoms with Crippen LogP contribution in [0.4, 0.5) is 4.79 Å². The van der Waals surface area contributed by atoms with E-state index in [1.165, 1.54) is 4.90 Å². The van der Waals surface area contributed by atoms with E-state index in [-0.39, 0.29) is 11.9 Å². The SMILES string of the molecule is CCC1C(=O)NC(=O)N(C2CCC(C)CC2)C1=O. The molecule has 100 valence electrons. The van der Waals surface area contributed by atoms with Crippen molar-refractivity contribution in [3.63, 3.8) is 0 Å². The molecular formula is C13H20N2O3. The summed E-state index contributed by atoms with van der Waals surface area (Å²) in [6.45, 7) is 3.98. The number of carbonyl (C=O) groups excluding carboxylic acids is 3. The molecule has 1 aliphatic heterocycles. The van der Waals surface area contributed by atoms with Crippen molar-refractivity contribution >= 4 is 17.8 Å². The van der Waals surface area contributed by atoms with Crippen LogP contribution in [0.15, 0.2) is 0 Å². The van der Waals surface area contributed by atoms with E-state index >= 15 is 0 Å². The molecule has 2 fully saturated rings. The van der Waals surface area contributed by atoms with Crippen molar-refractivity contribution in [1.82, 2.24) is 10.2 Å². The van der Waals surface area contributed by atoms with Crippen molar-refractivity contribution in [2.45, 2.75) is 52.0 Å². The highest BCUT2D eigenvalue weighted by molar-refractivity contribution is 6.16. The van der Waals surface area contributed by atoms with E-state index in [1.807, 2.05) is 0 Å². The van der Waals surface area contributed by atoms with Gasteiger partial charge in [-0.25, -0.2) is 4.79 Å². The lowest BCUT2D eigenvalue weighted by molar-refractivity contribution is -0.144. The van der Waals surface area contributed by atoms with Crippen LogP contribution in [0.2, 0.25) is 0 Å². The van der Waals surface area contributed by atoms with E-state index in [9.17, 15) is 14.4 Å². The molecule has 4 amide bonds. The summed E-state index contributed by atoms with van der Waals surface area (Å²) in [5, 5.41) is 2.30. The summed E-state index contributed by atoms with van der Waals surface area (Å²) in [5.74, 6) is -0.798. The monoisotopic (exact) mass is 252 g/mol. The van der Waals surface area contributed by atoms with Crippen LogP contribution in [-0.4, -0.2) is 28.8 Å². The minimum absolute atomic E-state index is 0.0316. The molecule has 1 saturated heterocycles. The highest BCUT2D eigenvalue weighted by atomic mass is 16.2. The van der Waals surface area contributed by atoms with Crippen LogP contribution in [-0.2, 0) is 9.59 Å². The van der Waals surface area contributed by atoms with Crippen molar-refractivity contribution in [2.24, 2.45) is 11.8 Å². The number of barbiturate groups is 1. The average molecular weight is 252 g/mol. The van der Waals surface area contributed by atoms with Gasteiger partial charge in [0, 0.05) is 6.04 Å². The lowest BCUT2D eigenvalue weighted by atomic mass is 9.85. The van der Waals surface area contributed by atoms with Crippen LogP contribution < -0.4 is 5.32 Å². The summed E-state index contributed by atoms with van der Waals surface area (Å²) in [6.07, 6.45) is 4.21. The molecule has 0 aromatic rings. The number of carbonyl (C=O) groups is 3. The van der Waals surface area contributed by atoms with Crippen molar-refractivity contribution in [3.05, 3.63) is 0 Å². The van der Waals surface area contributed by atoms with Crippen molar-refractivity contribution in [3.8, 4) is 0 Å². The molecule has 0 radical (unpaired) electrons. The van der Waals surface area contributed by atoms with Gasteiger partial charge in [0.2, 0.25) is 11.8 Å². The fourth-order valence-corrected chi connectivity index (χ4v) is 2.84. The number of nitrogens with one attached hydrogen (secondary N) is 1. The molecule has 1 unspecified atom stereocenters.